The first-order valence-electron chi connectivity index (χ1n) is 6.48. The van der Waals surface area contributed by atoms with E-state index in [0.29, 0.717) is 15.8 Å². The summed E-state index contributed by atoms with van der Waals surface area (Å²) >= 11 is 6.62. The fourth-order valence-electron chi connectivity index (χ4n) is 2.01. The second-order valence-corrected chi connectivity index (χ2v) is 6.43. The van der Waals surface area contributed by atoms with Gasteiger partial charge in [0.1, 0.15) is 10.1 Å². The summed E-state index contributed by atoms with van der Waals surface area (Å²) in [5, 5.41) is 0. The number of rotatable bonds is 3. The normalized spacial score (nSPS) is 17.0. The van der Waals surface area contributed by atoms with Crippen LogP contribution in [-0.4, -0.2) is 15.1 Å². The minimum atomic E-state index is -0.0676. The molecular formula is C16H13NO2S2. The number of furan rings is 1. The van der Waals surface area contributed by atoms with Crippen molar-refractivity contribution in [2.75, 3.05) is 0 Å². The van der Waals surface area contributed by atoms with Crippen LogP contribution >= 0.6 is 24.0 Å². The van der Waals surface area contributed by atoms with Gasteiger partial charge in [0.05, 0.1) is 17.7 Å². The average molecular weight is 315 g/mol. The van der Waals surface area contributed by atoms with Crippen molar-refractivity contribution in [3.05, 3.63) is 64.5 Å². The molecule has 21 heavy (non-hydrogen) atoms. The molecule has 0 N–H and O–H groups in total. The van der Waals surface area contributed by atoms with E-state index in [1.165, 1.54) is 17.3 Å². The molecule has 0 radical (unpaired) electrons. The third-order valence-corrected chi connectivity index (χ3v) is 4.52. The summed E-state index contributed by atoms with van der Waals surface area (Å²) in [7, 11) is 0. The predicted octanol–water partition coefficient (Wildman–Crippen LogP) is 3.99. The highest BCUT2D eigenvalue weighted by molar-refractivity contribution is 8.26. The van der Waals surface area contributed by atoms with E-state index in [9.17, 15) is 4.79 Å². The van der Waals surface area contributed by atoms with Gasteiger partial charge in [0.15, 0.2) is 0 Å². The van der Waals surface area contributed by atoms with Gasteiger partial charge >= 0.3 is 0 Å². The Kier molecular flexibility index (Phi) is 3.94. The van der Waals surface area contributed by atoms with Crippen LogP contribution in [0.3, 0.4) is 0 Å². The molecule has 0 aliphatic carbocycles. The lowest BCUT2D eigenvalue weighted by atomic mass is 10.1. The number of thiocarbonyl (C=S) groups is 1. The van der Waals surface area contributed by atoms with Crippen molar-refractivity contribution in [2.24, 2.45) is 0 Å². The first kappa shape index (κ1) is 14.1. The molecule has 1 amide bonds. The van der Waals surface area contributed by atoms with Gasteiger partial charge in [-0.2, -0.15) is 0 Å². The van der Waals surface area contributed by atoms with Crippen LogP contribution < -0.4 is 0 Å². The van der Waals surface area contributed by atoms with Crippen LogP contribution in [0.25, 0.3) is 6.08 Å². The van der Waals surface area contributed by atoms with E-state index in [1.807, 2.05) is 43.3 Å². The maximum Gasteiger partial charge on any atom is 0.266 e. The van der Waals surface area contributed by atoms with Crippen LogP contribution in [-0.2, 0) is 11.3 Å². The molecule has 0 unspecified atom stereocenters. The predicted molar refractivity (Wildman–Crippen MR) is 88.6 cm³/mol. The van der Waals surface area contributed by atoms with Crippen molar-refractivity contribution in [3.8, 4) is 0 Å². The molecule has 1 aromatic heterocycles. The van der Waals surface area contributed by atoms with E-state index in [4.69, 9.17) is 16.6 Å². The number of aryl methyl sites for hydroxylation is 1. The van der Waals surface area contributed by atoms with Crippen LogP contribution in [0.2, 0.25) is 0 Å². The molecule has 0 spiro atoms. The maximum absolute atomic E-state index is 12.4. The van der Waals surface area contributed by atoms with E-state index in [0.717, 1.165) is 11.3 Å². The number of amides is 1. The Morgan fingerprint density at radius 1 is 1.29 bits per heavy atom. The fraction of sp³-hybridized carbons (Fsp3) is 0.125. The zero-order valence-electron chi connectivity index (χ0n) is 11.4. The zero-order valence-corrected chi connectivity index (χ0v) is 13.0. The van der Waals surface area contributed by atoms with Gasteiger partial charge in [-0.3, -0.25) is 9.69 Å². The summed E-state index contributed by atoms with van der Waals surface area (Å²) in [6.45, 7) is 2.41. The van der Waals surface area contributed by atoms with Gasteiger partial charge in [0.25, 0.3) is 5.91 Å². The third-order valence-electron chi connectivity index (χ3n) is 3.14. The van der Waals surface area contributed by atoms with Crippen LogP contribution in [0.15, 0.2) is 52.0 Å². The Morgan fingerprint density at radius 3 is 2.71 bits per heavy atom. The van der Waals surface area contributed by atoms with Crippen molar-refractivity contribution in [2.45, 2.75) is 13.5 Å². The van der Waals surface area contributed by atoms with Crippen molar-refractivity contribution >= 4 is 40.3 Å². The minimum Gasteiger partial charge on any atom is -0.467 e. The summed E-state index contributed by atoms with van der Waals surface area (Å²) in [5.74, 6) is 0.657. The molecule has 1 saturated heterocycles. The lowest BCUT2D eigenvalue weighted by Gasteiger charge is -2.11. The molecule has 3 nitrogen and oxygen atoms in total. The number of carbonyl (C=O) groups excluding carboxylic acids is 1. The highest BCUT2D eigenvalue weighted by Crippen LogP contribution is 2.33. The Bertz CT molecular complexity index is 702. The lowest BCUT2D eigenvalue weighted by Crippen LogP contribution is -2.27. The Balaban J connectivity index is 1.81. The van der Waals surface area contributed by atoms with E-state index < -0.39 is 0 Å². The molecule has 2 heterocycles. The average Bonchev–Trinajstić information content (AvgIpc) is 3.06. The molecule has 1 fully saturated rings. The molecule has 5 heteroatoms. The van der Waals surface area contributed by atoms with Gasteiger partial charge in [-0.15, -0.1) is 0 Å². The van der Waals surface area contributed by atoms with Crippen molar-refractivity contribution in [1.29, 1.82) is 0 Å². The number of thioether (sulfide) groups is 1. The van der Waals surface area contributed by atoms with Crippen molar-refractivity contribution in [1.82, 2.24) is 4.90 Å². The standard InChI is InChI=1S/C16H13NO2S2/c1-11-4-6-12(7-5-11)9-14-15(18)17(16(20)21-14)10-13-3-2-8-19-13/h2-9H,10H2,1H3. The number of nitrogens with zero attached hydrogens (tertiary/aromatic N) is 1. The van der Waals surface area contributed by atoms with Gasteiger partial charge in [-0.25, -0.2) is 0 Å². The molecular weight excluding hydrogens is 302 g/mol. The summed E-state index contributed by atoms with van der Waals surface area (Å²) in [5.41, 5.74) is 2.19. The summed E-state index contributed by atoms with van der Waals surface area (Å²) in [6.07, 6.45) is 3.47. The lowest BCUT2D eigenvalue weighted by molar-refractivity contribution is -0.122. The Labute approximate surface area is 132 Å². The van der Waals surface area contributed by atoms with Crippen LogP contribution in [0.5, 0.6) is 0 Å². The number of benzene rings is 1. The van der Waals surface area contributed by atoms with E-state index >= 15 is 0 Å². The molecule has 0 atom stereocenters. The van der Waals surface area contributed by atoms with Crippen LogP contribution in [0.4, 0.5) is 0 Å². The van der Waals surface area contributed by atoms with E-state index in [-0.39, 0.29) is 5.91 Å². The highest BCUT2D eigenvalue weighted by atomic mass is 32.2. The first-order valence-corrected chi connectivity index (χ1v) is 7.70. The smallest absolute Gasteiger partial charge is 0.266 e. The highest BCUT2D eigenvalue weighted by Gasteiger charge is 2.32. The van der Waals surface area contributed by atoms with Gasteiger partial charge in [0, 0.05) is 0 Å². The minimum absolute atomic E-state index is 0.0676. The number of carbonyl (C=O) groups is 1. The Hall–Kier alpha value is -1.85. The van der Waals surface area contributed by atoms with Crippen molar-refractivity contribution in [3.63, 3.8) is 0 Å². The van der Waals surface area contributed by atoms with Crippen LogP contribution in [0, 0.1) is 6.92 Å². The third kappa shape index (κ3) is 3.09. The first-order chi connectivity index (χ1) is 10.1. The SMILES string of the molecule is Cc1ccc(C=C2SC(=S)N(Cc3ccco3)C2=O)cc1. The number of hydrogen-bond donors (Lipinski definition) is 0. The largest absolute Gasteiger partial charge is 0.467 e. The summed E-state index contributed by atoms with van der Waals surface area (Å²) in [6, 6.07) is 11.7. The van der Waals surface area contributed by atoms with E-state index in [2.05, 4.69) is 0 Å². The Morgan fingerprint density at radius 2 is 2.05 bits per heavy atom. The van der Waals surface area contributed by atoms with Gasteiger partial charge in [-0.1, -0.05) is 53.8 Å². The monoisotopic (exact) mass is 315 g/mol. The second-order valence-electron chi connectivity index (χ2n) is 4.76. The quantitative estimate of drug-likeness (QED) is 0.633. The molecule has 2 aromatic rings. The van der Waals surface area contributed by atoms with Gasteiger partial charge in [0.2, 0.25) is 0 Å². The molecule has 0 bridgehead atoms. The molecule has 3 rings (SSSR count). The second kappa shape index (κ2) is 5.87. The molecule has 1 aliphatic rings. The summed E-state index contributed by atoms with van der Waals surface area (Å²) < 4.78 is 5.84. The van der Waals surface area contributed by atoms with Gasteiger partial charge in [-0.05, 0) is 30.7 Å². The molecule has 106 valence electrons. The topological polar surface area (TPSA) is 33.5 Å². The van der Waals surface area contributed by atoms with Crippen molar-refractivity contribution < 1.29 is 9.21 Å². The summed E-state index contributed by atoms with van der Waals surface area (Å²) in [4.78, 5) is 14.6. The maximum atomic E-state index is 12.4. The van der Waals surface area contributed by atoms with Gasteiger partial charge < -0.3 is 4.42 Å². The zero-order chi connectivity index (χ0) is 14.8. The van der Waals surface area contributed by atoms with Crippen LogP contribution in [0.1, 0.15) is 16.9 Å². The molecule has 1 aliphatic heterocycles. The van der Waals surface area contributed by atoms with E-state index in [1.54, 1.807) is 17.2 Å². The molecule has 0 saturated carbocycles. The fourth-order valence-corrected chi connectivity index (χ4v) is 3.26. The number of hydrogen-bond acceptors (Lipinski definition) is 4. The molecule has 1 aromatic carbocycles.